The summed E-state index contributed by atoms with van der Waals surface area (Å²) in [6.45, 7) is 1.54. The van der Waals surface area contributed by atoms with E-state index in [2.05, 4.69) is 16.3 Å². The van der Waals surface area contributed by atoms with E-state index >= 15 is 0 Å². The molecule has 1 fully saturated rings. The number of nitrogens with one attached hydrogen (secondary N) is 1. The Morgan fingerprint density at radius 2 is 1.86 bits per heavy atom. The number of hydrogen-bond donors (Lipinski definition) is 2. The van der Waals surface area contributed by atoms with E-state index < -0.39 is 0 Å². The van der Waals surface area contributed by atoms with Crippen LogP contribution in [-0.2, 0) is 24.2 Å². The summed E-state index contributed by atoms with van der Waals surface area (Å²) in [7, 11) is 0. The molecular weight excluding hydrogens is 350 g/mol. The second kappa shape index (κ2) is 8.15. The van der Waals surface area contributed by atoms with E-state index in [1.165, 1.54) is 24.0 Å². The zero-order valence-electron chi connectivity index (χ0n) is 16.1. The Labute approximate surface area is 165 Å². The Morgan fingerprint density at radius 1 is 1.04 bits per heavy atom. The topological polar surface area (TPSA) is 75.4 Å². The molecule has 2 aromatic rings. The molecule has 1 saturated heterocycles. The van der Waals surface area contributed by atoms with Crippen LogP contribution >= 0.6 is 0 Å². The number of aryl methyl sites for hydroxylation is 2. The first-order valence-corrected chi connectivity index (χ1v) is 10.2. The third-order valence-corrected chi connectivity index (χ3v) is 5.87. The standard InChI is InChI=1S/C23H27N3O2/c24-22(27)21-9-4-12-26(21)15-16-5-3-8-20(13-16)25-23(28)19-11-10-17-6-1-2-7-18(17)14-19/h3,5,8,10-11,13-14,21H,1-2,4,6-7,9,12,15H2,(H2,24,27)(H,25,28). The number of carbonyl (C=O) groups is 2. The van der Waals surface area contributed by atoms with Crippen molar-refractivity contribution < 1.29 is 9.59 Å². The van der Waals surface area contributed by atoms with Gasteiger partial charge in [-0.15, -0.1) is 0 Å². The Balaban J connectivity index is 1.44. The number of amides is 2. The van der Waals surface area contributed by atoms with Gasteiger partial charge in [0.1, 0.15) is 0 Å². The lowest BCUT2D eigenvalue weighted by Gasteiger charge is -2.22. The molecule has 0 aromatic heterocycles. The van der Waals surface area contributed by atoms with Gasteiger partial charge in [-0.2, -0.15) is 0 Å². The SMILES string of the molecule is NC(=O)C1CCCN1Cc1cccc(NC(=O)c2ccc3c(c2)CCCC3)c1. The first kappa shape index (κ1) is 18.7. The molecule has 1 atom stereocenters. The fourth-order valence-corrected chi connectivity index (χ4v) is 4.40. The van der Waals surface area contributed by atoms with Crippen molar-refractivity contribution in [2.24, 2.45) is 5.73 Å². The van der Waals surface area contributed by atoms with Crippen molar-refractivity contribution in [1.82, 2.24) is 4.90 Å². The number of primary amides is 1. The zero-order chi connectivity index (χ0) is 19.5. The van der Waals surface area contributed by atoms with Gasteiger partial charge in [0.05, 0.1) is 6.04 Å². The number of hydrogen-bond acceptors (Lipinski definition) is 3. The molecule has 4 rings (SSSR count). The molecule has 1 unspecified atom stereocenters. The van der Waals surface area contributed by atoms with Crippen molar-refractivity contribution in [1.29, 1.82) is 0 Å². The Bertz CT molecular complexity index is 893. The smallest absolute Gasteiger partial charge is 0.255 e. The molecule has 2 aliphatic rings. The Hall–Kier alpha value is -2.66. The van der Waals surface area contributed by atoms with Crippen LogP contribution in [0.1, 0.15) is 52.7 Å². The number of carbonyl (C=O) groups excluding carboxylic acids is 2. The van der Waals surface area contributed by atoms with Gasteiger partial charge in [-0.1, -0.05) is 18.2 Å². The number of anilines is 1. The molecule has 28 heavy (non-hydrogen) atoms. The maximum absolute atomic E-state index is 12.7. The van der Waals surface area contributed by atoms with Gasteiger partial charge in [0, 0.05) is 17.8 Å². The number of fused-ring (bicyclic) bond motifs is 1. The quantitative estimate of drug-likeness (QED) is 0.840. The summed E-state index contributed by atoms with van der Waals surface area (Å²) in [5, 5.41) is 3.02. The molecule has 1 aliphatic heterocycles. The van der Waals surface area contributed by atoms with E-state index in [4.69, 9.17) is 5.73 Å². The predicted octanol–water partition coefficient (Wildman–Crippen LogP) is 3.27. The van der Waals surface area contributed by atoms with Crippen LogP contribution in [0.4, 0.5) is 5.69 Å². The van der Waals surface area contributed by atoms with Crippen molar-refractivity contribution in [3.8, 4) is 0 Å². The van der Waals surface area contributed by atoms with Crippen LogP contribution in [0.2, 0.25) is 0 Å². The summed E-state index contributed by atoms with van der Waals surface area (Å²) in [4.78, 5) is 26.4. The second-order valence-electron chi connectivity index (χ2n) is 7.88. The average molecular weight is 377 g/mol. The molecule has 2 amide bonds. The highest BCUT2D eigenvalue weighted by Crippen LogP contribution is 2.24. The van der Waals surface area contributed by atoms with E-state index in [0.29, 0.717) is 12.1 Å². The largest absolute Gasteiger partial charge is 0.368 e. The van der Waals surface area contributed by atoms with Gasteiger partial charge in [-0.3, -0.25) is 14.5 Å². The van der Waals surface area contributed by atoms with Crippen LogP contribution in [0.5, 0.6) is 0 Å². The summed E-state index contributed by atoms with van der Waals surface area (Å²) in [6.07, 6.45) is 6.42. The summed E-state index contributed by atoms with van der Waals surface area (Å²) in [5.74, 6) is -0.337. The number of nitrogens with zero attached hydrogens (tertiary/aromatic N) is 1. The van der Waals surface area contributed by atoms with Crippen LogP contribution in [0.25, 0.3) is 0 Å². The van der Waals surface area contributed by atoms with E-state index in [1.807, 2.05) is 36.4 Å². The lowest BCUT2D eigenvalue weighted by Crippen LogP contribution is -2.39. The molecular formula is C23H27N3O2. The van der Waals surface area contributed by atoms with Crippen molar-refractivity contribution >= 4 is 17.5 Å². The molecule has 5 heteroatoms. The second-order valence-corrected chi connectivity index (χ2v) is 7.88. The normalized spacial score (nSPS) is 19.2. The molecule has 0 bridgehead atoms. The number of rotatable bonds is 5. The number of benzene rings is 2. The first-order chi connectivity index (χ1) is 13.6. The van der Waals surface area contributed by atoms with Gasteiger partial charge in [-0.25, -0.2) is 0 Å². The lowest BCUT2D eigenvalue weighted by atomic mass is 9.90. The van der Waals surface area contributed by atoms with Gasteiger partial charge in [-0.05, 0) is 86.0 Å². The third-order valence-electron chi connectivity index (χ3n) is 5.87. The average Bonchev–Trinajstić information content (AvgIpc) is 3.16. The molecule has 0 radical (unpaired) electrons. The van der Waals surface area contributed by atoms with Crippen molar-refractivity contribution in [2.45, 2.75) is 51.1 Å². The predicted molar refractivity (Wildman–Crippen MR) is 110 cm³/mol. The number of likely N-dealkylation sites (tertiary alicyclic amines) is 1. The fraction of sp³-hybridized carbons (Fsp3) is 0.391. The van der Waals surface area contributed by atoms with Crippen molar-refractivity contribution in [3.05, 3.63) is 64.7 Å². The highest BCUT2D eigenvalue weighted by molar-refractivity contribution is 6.04. The van der Waals surface area contributed by atoms with Crippen molar-refractivity contribution in [2.75, 3.05) is 11.9 Å². The van der Waals surface area contributed by atoms with Crippen LogP contribution in [-0.4, -0.2) is 29.3 Å². The number of nitrogens with two attached hydrogens (primary N) is 1. The Morgan fingerprint density at radius 3 is 2.68 bits per heavy atom. The zero-order valence-corrected chi connectivity index (χ0v) is 16.1. The molecule has 0 saturated carbocycles. The van der Waals surface area contributed by atoms with Crippen LogP contribution in [0.3, 0.4) is 0 Å². The van der Waals surface area contributed by atoms with Gasteiger partial charge in [0.15, 0.2) is 0 Å². The highest BCUT2D eigenvalue weighted by atomic mass is 16.2. The van der Waals surface area contributed by atoms with Gasteiger partial charge in [0.2, 0.25) is 5.91 Å². The molecule has 0 spiro atoms. The Kier molecular flexibility index (Phi) is 5.44. The van der Waals surface area contributed by atoms with Crippen LogP contribution in [0, 0.1) is 0 Å². The molecule has 5 nitrogen and oxygen atoms in total. The van der Waals surface area contributed by atoms with E-state index in [0.717, 1.165) is 43.5 Å². The molecule has 1 heterocycles. The summed E-state index contributed by atoms with van der Waals surface area (Å²) >= 11 is 0. The van der Waals surface area contributed by atoms with Gasteiger partial charge in [0.25, 0.3) is 5.91 Å². The summed E-state index contributed by atoms with van der Waals surface area (Å²) in [5.41, 5.74) is 10.7. The maximum atomic E-state index is 12.7. The van der Waals surface area contributed by atoms with Crippen LogP contribution in [0.15, 0.2) is 42.5 Å². The minimum atomic E-state index is -0.255. The van der Waals surface area contributed by atoms with Crippen LogP contribution < -0.4 is 11.1 Å². The van der Waals surface area contributed by atoms with E-state index in [9.17, 15) is 9.59 Å². The first-order valence-electron chi connectivity index (χ1n) is 10.2. The molecule has 146 valence electrons. The molecule has 1 aliphatic carbocycles. The highest BCUT2D eigenvalue weighted by Gasteiger charge is 2.28. The minimum absolute atomic E-state index is 0.0818. The monoisotopic (exact) mass is 377 g/mol. The third kappa shape index (κ3) is 4.09. The molecule has 2 aromatic carbocycles. The molecule has 3 N–H and O–H groups in total. The maximum Gasteiger partial charge on any atom is 0.255 e. The van der Waals surface area contributed by atoms with Gasteiger partial charge >= 0.3 is 0 Å². The minimum Gasteiger partial charge on any atom is -0.368 e. The summed E-state index contributed by atoms with van der Waals surface area (Å²) in [6, 6.07) is 13.7. The lowest BCUT2D eigenvalue weighted by molar-refractivity contribution is -0.122. The van der Waals surface area contributed by atoms with E-state index in [1.54, 1.807) is 0 Å². The summed E-state index contributed by atoms with van der Waals surface area (Å²) < 4.78 is 0. The van der Waals surface area contributed by atoms with Crippen molar-refractivity contribution in [3.63, 3.8) is 0 Å². The fourth-order valence-electron chi connectivity index (χ4n) is 4.40. The van der Waals surface area contributed by atoms with E-state index in [-0.39, 0.29) is 17.9 Å². The van der Waals surface area contributed by atoms with Gasteiger partial charge < -0.3 is 11.1 Å².